The molecule has 1 aromatic rings. The van der Waals surface area contributed by atoms with Gasteiger partial charge in [0.25, 0.3) is 5.91 Å². The van der Waals surface area contributed by atoms with Gasteiger partial charge in [0.1, 0.15) is 0 Å². The molecule has 1 heterocycles. The second-order valence-corrected chi connectivity index (χ2v) is 8.00. The van der Waals surface area contributed by atoms with Crippen LogP contribution in [0.15, 0.2) is 24.3 Å². The minimum atomic E-state index is 0.0209. The Bertz CT molecular complexity index is 549. The molecule has 2 atom stereocenters. The minimum Gasteiger partial charge on any atom is -0.392 e. The molecule has 0 radical (unpaired) electrons. The molecule has 1 aromatic carbocycles. The lowest BCUT2D eigenvalue weighted by Gasteiger charge is -2.39. The first-order valence-electron chi connectivity index (χ1n) is 7.83. The summed E-state index contributed by atoms with van der Waals surface area (Å²) in [6, 6.07) is 7.72. The van der Waals surface area contributed by atoms with Crippen LogP contribution in [-0.2, 0) is 6.61 Å². The predicted molar refractivity (Wildman–Crippen MR) is 82.9 cm³/mol. The van der Waals surface area contributed by atoms with E-state index in [1.54, 1.807) is 0 Å². The van der Waals surface area contributed by atoms with Gasteiger partial charge in [-0.05, 0) is 47.8 Å². The van der Waals surface area contributed by atoms with Crippen molar-refractivity contribution in [3.8, 4) is 0 Å². The van der Waals surface area contributed by atoms with E-state index >= 15 is 0 Å². The monoisotopic (exact) mass is 287 g/mol. The van der Waals surface area contributed by atoms with E-state index in [1.807, 2.05) is 24.3 Å². The van der Waals surface area contributed by atoms with Crippen LogP contribution >= 0.6 is 0 Å². The molecule has 2 fully saturated rings. The molecule has 21 heavy (non-hydrogen) atoms. The molecule has 1 saturated carbocycles. The van der Waals surface area contributed by atoms with Crippen molar-refractivity contribution in [3.63, 3.8) is 0 Å². The third-order valence-corrected chi connectivity index (χ3v) is 5.06. The summed E-state index contributed by atoms with van der Waals surface area (Å²) in [5.41, 5.74) is 2.18. The normalized spacial score (nSPS) is 30.5. The van der Waals surface area contributed by atoms with Crippen LogP contribution in [0, 0.1) is 10.8 Å². The first-order chi connectivity index (χ1) is 9.82. The van der Waals surface area contributed by atoms with Crippen LogP contribution in [0.5, 0.6) is 0 Å². The van der Waals surface area contributed by atoms with Gasteiger partial charge in [-0.25, -0.2) is 0 Å². The minimum absolute atomic E-state index is 0.0209. The molecule has 2 aliphatic rings. The van der Waals surface area contributed by atoms with Crippen LogP contribution < -0.4 is 0 Å². The molecule has 1 amide bonds. The van der Waals surface area contributed by atoms with Gasteiger partial charge in [-0.15, -0.1) is 0 Å². The summed E-state index contributed by atoms with van der Waals surface area (Å²) in [4.78, 5) is 14.9. The van der Waals surface area contributed by atoms with E-state index < -0.39 is 0 Å². The van der Waals surface area contributed by atoms with E-state index in [0.717, 1.165) is 30.5 Å². The van der Waals surface area contributed by atoms with Gasteiger partial charge in [-0.2, -0.15) is 0 Å². The third kappa shape index (κ3) is 2.71. The quantitative estimate of drug-likeness (QED) is 0.907. The Hall–Kier alpha value is -1.35. The molecule has 0 aromatic heterocycles. The standard InChI is InChI=1S/C18H25NO2/c1-17(2)8-15-9-18(3,11-17)12-19(15)16(21)14-6-4-13(10-20)5-7-14/h4-7,15,20H,8-12H2,1-3H3. The van der Waals surface area contributed by atoms with Gasteiger partial charge in [0.2, 0.25) is 0 Å². The number of fused-ring (bicyclic) bond motifs is 2. The van der Waals surface area contributed by atoms with Crippen molar-refractivity contribution in [1.29, 1.82) is 0 Å². The third-order valence-electron chi connectivity index (χ3n) is 5.06. The van der Waals surface area contributed by atoms with Crippen molar-refractivity contribution in [3.05, 3.63) is 35.4 Å². The summed E-state index contributed by atoms with van der Waals surface area (Å²) >= 11 is 0. The first-order valence-corrected chi connectivity index (χ1v) is 7.83. The number of hydrogen-bond donors (Lipinski definition) is 1. The number of benzene rings is 1. The van der Waals surface area contributed by atoms with Gasteiger partial charge in [0.15, 0.2) is 0 Å². The lowest BCUT2D eigenvalue weighted by atomic mass is 9.65. The fraction of sp³-hybridized carbons (Fsp3) is 0.611. The van der Waals surface area contributed by atoms with E-state index in [2.05, 4.69) is 25.7 Å². The van der Waals surface area contributed by atoms with Crippen molar-refractivity contribution in [2.24, 2.45) is 10.8 Å². The van der Waals surface area contributed by atoms with Gasteiger partial charge < -0.3 is 10.0 Å². The average Bonchev–Trinajstić information content (AvgIpc) is 2.67. The van der Waals surface area contributed by atoms with E-state index in [4.69, 9.17) is 5.11 Å². The number of aliphatic hydroxyl groups excluding tert-OH is 1. The molecule has 3 heteroatoms. The van der Waals surface area contributed by atoms with Crippen molar-refractivity contribution in [2.75, 3.05) is 6.54 Å². The Balaban J connectivity index is 1.82. The highest BCUT2D eigenvalue weighted by Crippen LogP contribution is 2.52. The van der Waals surface area contributed by atoms with Crippen LogP contribution in [-0.4, -0.2) is 28.5 Å². The van der Waals surface area contributed by atoms with Gasteiger partial charge in [-0.1, -0.05) is 32.9 Å². The zero-order valence-electron chi connectivity index (χ0n) is 13.2. The van der Waals surface area contributed by atoms with E-state index in [9.17, 15) is 4.79 Å². The highest BCUT2D eigenvalue weighted by molar-refractivity contribution is 5.94. The maximum absolute atomic E-state index is 12.8. The number of likely N-dealkylation sites (tertiary alicyclic amines) is 1. The number of rotatable bonds is 2. The van der Waals surface area contributed by atoms with Gasteiger partial charge >= 0.3 is 0 Å². The molecule has 2 bridgehead atoms. The Morgan fingerprint density at radius 2 is 1.90 bits per heavy atom. The Morgan fingerprint density at radius 1 is 1.24 bits per heavy atom. The topological polar surface area (TPSA) is 40.5 Å². The second-order valence-electron chi connectivity index (χ2n) is 8.00. The summed E-state index contributed by atoms with van der Waals surface area (Å²) in [7, 11) is 0. The predicted octanol–water partition coefficient (Wildman–Crippen LogP) is 3.22. The van der Waals surface area contributed by atoms with Gasteiger partial charge in [0, 0.05) is 18.2 Å². The fourth-order valence-corrected chi connectivity index (χ4v) is 4.62. The zero-order chi connectivity index (χ0) is 15.3. The number of carbonyl (C=O) groups excluding carboxylic acids is 1. The SMILES string of the molecule is CC1(C)CC2CC(C)(CN2C(=O)c2ccc(CO)cc2)C1. The van der Waals surface area contributed by atoms with Crippen molar-refractivity contribution in [1.82, 2.24) is 4.90 Å². The average molecular weight is 287 g/mol. The number of carbonyl (C=O) groups is 1. The summed E-state index contributed by atoms with van der Waals surface area (Å²) in [5.74, 6) is 0.144. The van der Waals surface area contributed by atoms with Crippen LogP contribution in [0.4, 0.5) is 0 Å². The number of nitrogens with zero attached hydrogens (tertiary/aromatic N) is 1. The van der Waals surface area contributed by atoms with Crippen molar-refractivity contribution < 1.29 is 9.90 Å². The summed E-state index contributed by atoms with van der Waals surface area (Å²) in [6.45, 7) is 7.86. The number of hydrogen-bond acceptors (Lipinski definition) is 2. The van der Waals surface area contributed by atoms with Gasteiger partial charge in [0.05, 0.1) is 6.61 Å². The highest BCUT2D eigenvalue weighted by Gasteiger charge is 2.50. The first kappa shape index (κ1) is 14.6. The van der Waals surface area contributed by atoms with Crippen molar-refractivity contribution >= 4 is 5.91 Å². The molecule has 3 rings (SSSR count). The molecular formula is C18H25NO2. The molecule has 1 saturated heterocycles. The lowest BCUT2D eigenvalue weighted by molar-refractivity contribution is 0.0708. The van der Waals surface area contributed by atoms with Crippen LogP contribution in [0.2, 0.25) is 0 Å². The largest absolute Gasteiger partial charge is 0.392 e. The number of aliphatic hydroxyl groups is 1. The number of amides is 1. The summed E-state index contributed by atoms with van der Waals surface area (Å²) in [6.07, 6.45) is 3.43. The highest BCUT2D eigenvalue weighted by atomic mass is 16.3. The lowest BCUT2D eigenvalue weighted by Crippen LogP contribution is -2.37. The molecule has 1 aliphatic heterocycles. The maximum Gasteiger partial charge on any atom is 0.254 e. The van der Waals surface area contributed by atoms with Crippen LogP contribution in [0.1, 0.15) is 56.0 Å². The van der Waals surface area contributed by atoms with E-state index in [1.165, 1.54) is 6.42 Å². The summed E-state index contributed by atoms with van der Waals surface area (Å²) in [5, 5.41) is 9.10. The van der Waals surface area contributed by atoms with Gasteiger partial charge in [-0.3, -0.25) is 4.79 Å². The molecule has 1 N–H and O–H groups in total. The Morgan fingerprint density at radius 3 is 2.52 bits per heavy atom. The van der Waals surface area contributed by atoms with Crippen LogP contribution in [0.3, 0.4) is 0 Å². The Labute approximate surface area is 127 Å². The zero-order valence-corrected chi connectivity index (χ0v) is 13.2. The molecule has 114 valence electrons. The molecule has 2 unspecified atom stereocenters. The van der Waals surface area contributed by atoms with Crippen molar-refractivity contribution in [2.45, 2.75) is 52.7 Å². The maximum atomic E-state index is 12.8. The Kier molecular flexibility index (Phi) is 3.36. The van der Waals surface area contributed by atoms with Crippen LogP contribution in [0.25, 0.3) is 0 Å². The van der Waals surface area contributed by atoms with E-state index in [0.29, 0.717) is 11.5 Å². The molecule has 3 nitrogen and oxygen atoms in total. The molecular weight excluding hydrogens is 262 g/mol. The molecule has 1 aliphatic carbocycles. The smallest absolute Gasteiger partial charge is 0.254 e. The summed E-state index contributed by atoms with van der Waals surface area (Å²) < 4.78 is 0. The molecule has 0 spiro atoms. The fourth-order valence-electron chi connectivity index (χ4n) is 4.62. The van der Waals surface area contributed by atoms with E-state index in [-0.39, 0.29) is 17.9 Å². The second kappa shape index (κ2) is 4.84.